The monoisotopic (exact) mass is 438 g/mol. The summed E-state index contributed by atoms with van der Waals surface area (Å²) in [6, 6.07) is -3.62. The van der Waals surface area contributed by atoms with Crippen molar-refractivity contribution in [1.82, 2.24) is 0 Å². The highest BCUT2D eigenvalue weighted by Crippen LogP contribution is 2.40. The number of hydrogen-bond donors (Lipinski definition) is 10. The average Bonchev–Trinajstić information content (AvgIpc) is 2.77. The molecule has 0 atom stereocenters. The Balaban J connectivity index is 4.00. The Morgan fingerprint density at radius 3 is 0.833 bits per heavy atom. The first-order valence-corrected chi connectivity index (χ1v) is 9.89. The molecule has 12 N–H and O–H groups in total. The zero-order valence-electron chi connectivity index (χ0n) is 17.2. The highest BCUT2D eigenvalue weighted by Gasteiger charge is 2.56. The summed E-state index contributed by atoms with van der Waals surface area (Å²) in [6.07, 6.45) is 3.07. The number of aliphatic hydroxyl groups excluding tert-OH is 8. The summed E-state index contributed by atoms with van der Waals surface area (Å²) in [6.45, 7) is -4.36. The lowest BCUT2D eigenvalue weighted by atomic mass is 9.98. The fourth-order valence-corrected chi connectivity index (χ4v) is 4.55. The molecule has 1 aliphatic rings. The maximum absolute atomic E-state index is 9.96. The third-order valence-corrected chi connectivity index (χ3v) is 6.24. The molecule has 0 spiro atoms. The predicted molar refractivity (Wildman–Crippen MR) is 107 cm³/mol. The molecule has 0 aliphatic carbocycles. The molecule has 0 radical (unpaired) electrons. The van der Waals surface area contributed by atoms with Gasteiger partial charge < -0.3 is 52.3 Å². The Morgan fingerprint density at radius 2 is 0.700 bits per heavy atom. The van der Waals surface area contributed by atoms with Crippen molar-refractivity contribution in [2.24, 2.45) is 11.5 Å². The third kappa shape index (κ3) is 4.32. The number of nitrogens with zero attached hydrogens (tertiary/aromatic N) is 2. The topological polar surface area (TPSA) is 214 Å². The van der Waals surface area contributed by atoms with Crippen LogP contribution in [0.15, 0.2) is 23.8 Å². The summed E-state index contributed by atoms with van der Waals surface area (Å²) in [5.41, 5.74) is 12.7. The van der Waals surface area contributed by atoms with Crippen molar-refractivity contribution in [2.75, 3.05) is 65.9 Å². The van der Waals surface area contributed by atoms with E-state index in [1.165, 1.54) is 12.4 Å². The maximum atomic E-state index is 9.96. The maximum Gasteiger partial charge on any atom is 0.182 e. The van der Waals surface area contributed by atoms with Crippen LogP contribution in [0.1, 0.15) is 0 Å². The van der Waals surface area contributed by atoms with Crippen LogP contribution in [0.25, 0.3) is 0 Å². The molecule has 0 unspecified atom stereocenters. The van der Waals surface area contributed by atoms with Crippen molar-refractivity contribution < 1.29 is 49.8 Å². The molecule has 1 heterocycles. The molecule has 1 rings (SSSR count). The van der Waals surface area contributed by atoms with Gasteiger partial charge in [0, 0.05) is 0 Å². The van der Waals surface area contributed by atoms with Gasteiger partial charge in [0.1, 0.15) is 24.2 Å². The van der Waals surface area contributed by atoms with Crippen LogP contribution in [-0.2, 0) is 0 Å². The second kappa shape index (κ2) is 12.1. The Bertz CT molecular complexity index is 499. The van der Waals surface area contributed by atoms with Crippen molar-refractivity contribution in [2.45, 2.75) is 24.2 Å². The molecule has 0 aromatic carbocycles. The van der Waals surface area contributed by atoms with E-state index in [0.717, 1.165) is 0 Å². The number of aliphatic hydroxyl groups is 8. The summed E-state index contributed by atoms with van der Waals surface area (Å²) < 4.78 is -0.785. The molecule has 0 saturated carbocycles. The summed E-state index contributed by atoms with van der Waals surface area (Å²) in [7, 11) is 0. The van der Waals surface area contributed by atoms with E-state index in [1.54, 1.807) is 0 Å². The molecule has 12 nitrogen and oxygen atoms in total. The van der Waals surface area contributed by atoms with E-state index in [-0.39, 0.29) is 13.1 Å². The van der Waals surface area contributed by atoms with Gasteiger partial charge >= 0.3 is 0 Å². The molecule has 0 aromatic heterocycles. The van der Waals surface area contributed by atoms with Gasteiger partial charge in [0.05, 0.1) is 65.9 Å². The van der Waals surface area contributed by atoms with Gasteiger partial charge in [0.15, 0.2) is 23.8 Å². The number of rotatable bonds is 14. The van der Waals surface area contributed by atoms with E-state index in [9.17, 15) is 40.9 Å². The summed E-state index contributed by atoms with van der Waals surface area (Å²) in [5, 5.41) is 79.7. The largest absolute Gasteiger partial charge is 0.390 e. The molecule has 0 saturated heterocycles. The summed E-state index contributed by atoms with van der Waals surface area (Å²) >= 11 is 0. The lowest BCUT2D eigenvalue weighted by molar-refractivity contribution is -0.950. The molecular formula is C18H38N4O8+2. The number of quaternary nitrogens is 2. The van der Waals surface area contributed by atoms with Crippen LogP contribution in [0.5, 0.6) is 0 Å². The quantitative estimate of drug-likeness (QED) is 0.116. The fraction of sp³-hybridized carbons (Fsp3) is 0.778. The lowest BCUT2D eigenvalue weighted by Crippen LogP contribution is -2.70. The molecule has 30 heavy (non-hydrogen) atoms. The summed E-state index contributed by atoms with van der Waals surface area (Å²) in [5.74, 6) is 0. The SMILES string of the molecule is NCC1=C[N+](C(CO)CO)(C(CO)CO)C(CN)=C[N+]1(C(CO)CO)C(CO)CO. The Hall–Kier alpha value is -1.00. The number of hydrogen-bond acceptors (Lipinski definition) is 10. The predicted octanol–water partition coefficient (Wildman–Crippen LogP) is -5.35. The molecule has 0 fully saturated rings. The summed E-state index contributed by atoms with van der Waals surface area (Å²) in [4.78, 5) is 0. The molecule has 0 bridgehead atoms. The zero-order chi connectivity index (χ0) is 22.9. The standard InChI is InChI=1S/C18H38N4O8/c19-1-13-3-22(17(9-27)10-28,18(11-29)12-30)14(2-20)4-21(13,15(5-23)6-24)16(7-25)8-26/h3-4,15-18,23-30H,1-2,5-12,19-20H2/q+2. The molecular weight excluding hydrogens is 400 g/mol. The highest BCUT2D eigenvalue weighted by atomic mass is 16.3. The van der Waals surface area contributed by atoms with E-state index >= 15 is 0 Å². The highest BCUT2D eigenvalue weighted by molar-refractivity contribution is 5.10. The third-order valence-electron chi connectivity index (χ3n) is 6.24. The minimum atomic E-state index is -0.906. The van der Waals surface area contributed by atoms with E-state index in [1.807, 2.05) is 0 Å². The minimum absolute atomic E-state index is 0.144. The van der Waals surface area contributed by atoms with Crippen molar-refractivity contribution in [3.8, 4) is 0 Å². The molecule has 0 aromatic rings. The second-order valence-electron chi connectivity index (χ2n) is 7.39. The molecule has 0 amide bonds. The van der Waals surface area contributed by atoms with E-state index in [0.29, 0.717) is 11.4 Å². The van der Waals surface area contributed by atoms with Gasteiger partial charge in [-0.05, 0) is 0 Å². The van der Waals surface area contributed by atoms with Crippen LogP contribution in [0.2, 0.25) is 0 Å². The average molecular weight is 439 g/mol. The van der Waals surface area contributed by atoms with Gasteiger partial charge in [-0.3, -0.25) is 0 Å². The second-order valence-corrected chi connectivity index (χ2v) is 7.39. The van der Waals surface area contributed by atoms with E-state index in [4.69, 9.17) is 11.5 Å². The Morgan fingerprint density at radius 1 is 0.500 bits per heavy atom. The molecule has 1 aliphatic heterocycles. The first kappa shape index (κ1) is 27.0. The normalized spacial score (nSPS) is 18.5. The van der Waals surface area contributed by atoms with Gasteiger partial charge in [-0.25, -0.2) is 8.97 Å². The first-order chi connectivity index (χ1) is 14.4. The van der Waals surface area contributed by atoms with E-state index in [2.05, 4.69) is 0 Å². The van der Waals surface area contributed by atoms with E-state index < -0.39 is 86.0 Å². The van der Waals surface area contributed by atoms with Gasteiger partial charge in [-0.2, -0.15) is 0 Å². The lowest BCUT2D eigenvalue weighted by Gasteiger charge is -2.53. The minimum Gasteiger partial charge on any atom is -0.390 e. The van der Waals surface area contributed by atoms with Crippen LogP contribution in [0.4, 0.5) is 0 Å². The van der Waals surface area contributed by atoms with Crippen molar-refractivity contribution in [3.05, 3.63) is 23.8 Å². The van der Waals surface area contributed by atoms with Gasteiger partial charge in [0.25, 0.3) is 0 Å². The van der Waals surface area contributed by atoms with Crippen LogP contribution >= 0.6 is 0 Å². The fourth-order valence-electron chi connectivity index (χ4n) is 4.55. The van der Waals surface area contributed by atoms with Crippen molar-refractivity contribution in [1.29, 1.82) is 0 Å². The van der Waals surface area contributed by atoms with Crippen molar-refractivity contribution >= 4 is 0 Å². The molecule has 176 valence electrons. The van der Waals surface area contributed by atoms with Crippen LogP contribution in [-0.4, -0.2) is 140 Å². The zero-order valence-corrected chi connectivity index (χ0v) is 17.2. The van der Waals surface area contributed by atoms with Crippen molar-refractivity contribution in [3.63, 3.8) is 0 Å². The Kier molecular flexibility index (Phi) is 10.9. The first-order valence-electron chi connectivity index (χ1n) is 9.89. The van der Waals surface area contributed by atoms with Crippen LogP contribution < -0.4 is 11.5 Å². The smallest absolute Gasteiger partial charge is 0.182 e. The van der Waals surface area contributed by atoms with Gasteiger partial charge in [0.2, 0.25) is 0 Å². The Labute approximate surface area is 176 Å². The van der Waals surface area contributed by atoms with Gasteiger partial charge in [-0.15, -0.1) is 0 Å². The van der Waals surface area contributed by atoms with Crippen LogP contribution in [0.3, 0.4) is 0 Å². The van der Waals surface area contributed by atoms with Crippen LogP contribution in [0, 0.1) is 0 Å². The van der Waals surface area contributed by atoms with Gasteiger partial charge in [-0.1, -0.05) is 0 Å². The molecule has 12 heteroatoms. The number of nitrogens with two attached hydrogens (primary N) is 2.